The van der Waals surface area contributed by atoms with Crippen molar-refractivity contribution in [3.05, 3.63) is 76.3 Å². The Kier molecular flexibility index (Phi) is 3.81. The standard InChI is InChI=1S/C17H13Cl2N/c18-16-8-7-15(10-17(16)19)20-11-12-5-6-13-3-1-2-4-14(13)9-12/h1-10,20H,11H2. The van der Waals surface area contributed by atoms with Gasteiger partial charge in [0, 0.05) is 12.2 Å². The van der Waals surface area contributed by atoms with E-state index in [2.05, 4.69) is 47.8 Å². The molecule has 0 aromatic heterocycles. The van der Waals surface area contributed by atoms with Gasteiger partial charge < -0.3 is 5.32 Å². The second-order valence-electron chi connectivity index (χ2n) is 4.66. The molecule has 0 atom stereocenters. The first kappa shape index (κ1) is 13.3. The summed E-state index contributed by atoms with van der Waals surface area (Å²) in [5.41, 5.74) is 2.20. The Morgan fingerprint density at radius 2 is 1.55 bits per heavy atom. The minimum atomic E-state index is 0.565. The molecule has 3 aromatic rings. The van der Waals surface area contributed by atoms with Crippen LogP contribution in [-0.2, 0) is 6.54 Å². The van der Waals surface area contributed by atoms with Gasteiger partial charge in [-0.3, -0.25) is 0 Å². The van der Waals surface area contributed by atoms with Crippen molar-refractivity contribution >= 4 is 39.7 Å². The molecule has 20 heavy (non-hydrogen) atoms. The van der Waals surface area contributed by atoms with Crippen LogP contribution in [0.15, 0.2) is 60.7 Å². The molecule has 3 heteroatoms. The van der Waals surface area contributed by atoms with E-state index < -0.39 is 0 Å². The van der Waals surface area contributed by atoms with Gasteiger partial charge in [-0.1, -0.05) is 59.6 Å². The van der Waals surface area contributed by atoms with E-state index in [1.165, 1.54) is 16.3 Å². The van der Waals surface area contributed by atoms with Crippen molar-refractivity contribution in [3.8, 4) is 0 Å². The third-order valence-corrected chi connectivity index (χ3v) is 3.97. The third-order valence-electron chi connectivity index (χ3n) is 3.23. The molecule has 0 unspecified atom stereocenters. The van der Waals surface area contributed by atoms with Crippen LogP contribution in [0.4, 0.5) is 5.69 Å². The summed E-state index contributed by atoms with van der Waals surface area (Å²) in [5, 5.41) is 6.99. The molecule has 0 saturated heterocycles. The maximum Gasteiger partial charge on any atom is 0.0612 e. The maximum absolute atomic E-state index is 6.00. The van der Waals surface area contributed by atoms with Gasteiger partial charge in [0.2, 0.25) is 0 Å². The van der Waals surface area contributed by atoms with Gasteiger partial charge in [0.25, 0.3) is 0 Å². The van der Waals surface area contributed by atoms with Crippen molar-refractivity contribution < 1.29 is 0 Å². The molecule has 1 N–H and O–H groups in total. The maximum atomic E-state index is 6.00. The second kappa shape index (κ2) is 5.74. The fourth-order valence-corrected chi connectivity index (χ4v) is 2.46. The molecular weight excluding hydrogens is 289 g/mol. The molecular formula is C17H13Cl2N. The molecule has 100 valence electrons. The van der Waals surface area contributed by atoms with Crippen LogP contribution in [0.2, 0.25) is 10.0 Å². The smallest absolute Gasteiger partial charge is 0.0612 e. The van der Waals surface area contributed by atoms with Crippen LogP contribution in [0.3, 0.4) is 0 Å². The summed E-state index contributed by atoms with van der Waals surface area (Å²) in [4.78, 5) is 0. The van der Waals surface area contributed by atoms with Gasteiger partial charge in [-0.05, 0) is 40.6 Å². The number of halogens is 2. The fraction of sp³-hybridized carbons (Fsp3) is 0.0588. The van der Waals surface area contributed by atoms with E-state index in [0.717, 1.165) is 12.2 Å². The quantitative estimate of drug-likeness (QED) is 0.648. The molecule has 0 bridgehead atoms. The molecule has 0 aliphatic rings. The number of benzene rings is 3. The van der Waals surface area contributed by atoms with Crippen molar-refractivity contribution in [1.29, 1.82) is 0 Å². The highest BCUT2D eigenvalue weighted by Gasteiger charge is 2.00. The van der Waals surface area contributed by atoms with Crippen molar-refractivity contribution in [2.75, 3.05) is 5.32 Å². The van der Waals surface area contributed by atoms with Gasteiger partial charge in [-0.2, -0.15) is 0 Å². The van der Waals surface area contributed by atoms with Gasteiger partial charge in [0.05, 0.1) is 10.0 Å². The van der Waals surface area contributed by atoms with Gasteiger partial charge in [0.1, 0.15) is 0 Å². The van der Waals surface area contributed by atoms with Gasteiger partial charge in [-0.25, -0.2) is 0 Å². The predicted octanol–water partition coefficient (Wildman–Crippen LogP) is 5.76. The first-order valence-corrected chi connectivity index (χ1v) is 7.14. The minimum absolute atomic E-state index is 0.565. The van der Waals surface area contributed by atoms with E-state index in [-0.39, 0.29) is 0 Å². The lowest BCUT2D eigenvalue weighted by molar-refractivity contribution is 1.16. The number of rotatable bonds is 3. The Morgan fingerprint density at radius 3 is 2.35 bits per heavy atom. The van der Waals surface area contributed by atoms with E-state index >= 15 is 0 Å². The SMILES string of the molecule is Clc1ccc(NCc2ccc3ccccc3c2)cc1Cl. The highest BCUT2D eigenvalue weighted by molar-refractivity contribution is 6.42. The van der Waals surface area contributed by atoms with Crippen molar-refractivity contribution in [2.45, 2.75) is 6.54 Å². The number of hydrogen-bond donors (Lipinski definition) is 1. The molecule has 1 nitrogen and oxygen atoms in total. The Labute approximate surface area is 128 Å². The zero-order valence-corrected chi connectivity index (χ0v) is 12.2. The van der Waals surface area contributed by atoms with Crippen LogP contribution in [0.5, 0.6) is 0 Å². The van der Waals surface area contributed by atoms with Crippen LogP contribution >= 0.6 is 23.2 Å². The van der Waals surface area contributed by atoms with E-state index in [4.69, 9.17) is 23.2 Å². The topological polar surface area (TPSA) is 12.0 Å². The van der Waals surface area contributed by atoms with Gasteiger partial charge >= 0.3 is 0 Å². The van der Waals surface area contributed by atoms with E-state index in [1.807, 2.05) is 12.1 Å². The largest absolute Gasteiger partial charge is 0.381 e. The van der Waals surface area contributed by atoms with E-state index in [9.17, 15) is 0 Å². The third kappa shape index (κ3) is 2.90. The summed E-state index contributed by atoms with van der Waals surface area (Å²) in [6, 6.07) is 20.4. The highest BCUT2D eigenvalue weighted by Crippen LogP contribution is 2.25. The first-order chi connectivity index (χ1) is 9.72. The normalized spacial score (nSPS) is 10.7. The second-order valence-corrected chi connectivity index (χ2v) is 5.48. The molecule has 0 fully saturated rings. The summed E-state index contributed by atoms with van der Waals surface area (Å²) in [6.45, 7) is 0.753. The van der Waals surface area contributed by atoms with Gasteiger partial charge in [-0.15, -0.1) is 0 Å². The van der Waals surface area contributed by atoms with Crippen molar-refractivity contribution in [3.63, 3.8) is 0 Å². The van der Waals surface area contributed by atoms with E-state index in [0.29, 0.717) is 10.0 Å². The lowest BCUT2D eigenvalue weighted by Gasteiger charge is -2.08. The Morgan fingerprint density at radius 1 is 0.750 bits per heavy atom. The summed E-state index contributed by atoms with van der Waals surface area (Å²) in [6.07, 6.45) is 0. The molecule has 0 radical (unpaired) electrons. The summed E-state index contributed by atoms with van der Waals surface area (Å²) < 4.78 is 0. The molecule has 0 saturated carbocycles. The summed E-state index contributed by atoms with van der Waals surface area (Å²) in [7, 11) is 0. The van der Waals surface area contributed by atoms with Crippen LogP contribution < -0.4 is 5.32 Å². The molecule has 0 amide bonds. The van der Waals surface area contributed by atoms with Crippen LogP contribution in [0.25, 0.3) is 10.8 Å². The zero-order valence-electron chi connectivity index (χ0n) is 10.7. The lowest BCUT2D eigenvalue weighted by atomic mass is 10.1. The van der Waals surface area contributed by atoms with Crippen LogP contribution in [0.1, 0.15) is 5.56 Å². The first-order valence-electron chi connectivity index (χ1n) is 6.39. The average molecular weight is 302 g/mol. The molecule has 0 aliphatic heterocycles. The monoisotopic (exact) mass is 301 g/mol. The summed E-state index contributed by atoms with van der Waals surface area (Å²) in [5.74, 6) is 0. The highest BCUT2D eigenvalue weighted by atomic mass is 35.5. The molecule has 0 aliphatic carbocycles. The Hall–Kier alpha value is -1.70. The fourth-order valence-electron chi connectivity index (χ4n) is 2.16. The van der Waals surface area contributed by atoms with Crippen molar-refractivity contribution in [1.82, 2.24) is 0 Å². The predicted molar refractivity (Wildman–Crippen MR) is 87.7 cm³/mol. The molecule has 0 heterocycles. The van der Waals surface area contributed by atoms with Gasteiger partial charge in [0.15, 0.2) is 0 Å². The van der Waals surface area contributed by atoms with E-state index in [1.54, 1.807) is 6.07 Å². The average Bonchev–Trinajstić information content (AvgIpc) is 2.48. The lowest BCUT2D eigenvalue weighted by Crippen LogP contribution is -1.99. The molecule has 0 spiro atoms. The zero-order chi connectivity index (χ0) is 13.9. The van der Waals surface area contributed by atoms with Crippen molar-refractivity contribution in [2.24, 2.45) is 0 Å². The number of nitrogens with one attached hydrogen (secondary N) is 1. The Bertz CT molecular complexity index is 753. The summed E-state index contributed by atoms with van der Waals surface area (Å²) >= 11 is 11.9. The number of fused-ring (bicyclic) bond motifs is 1. The minimum Gasteiger partial charge on any atom is -0.381 e. The Balaban J connectivity index is 1.77. The number of anilines is 1. The van der Waals surface area contributed by atoms with Crippen LogP contribution in [-0.4, -0.2) is 0 Å². The van der Waals surface area contributed by atoms with Crippen LogP contribution in [0, 0.1) is 0 Å². The molecule has 3 aromatic carbocycles. The number of hydrogen-bond acceptors (Lipinski definition) is 1. The molecule has 3 rings (SSSR count).